The van der Waals surface area contributed by atoms with Crippen LogP contribution in [0.15, 0.2) is 12.3 Å². The Balaban J connectivity index is 2.09. The van der Waals surface area contributed by atoms with E-state index in [1.165, 1.54) is 0 Å². The zero-order valence-corrected chi connectivity index (χ0v) is 10.1. The minimum atomic E-state index is 0.366. The van der Waals surface area contributed by atoms with Gasteiger partial charge in [0.25, 0.3) is 0 Å². The average Bonchev–Trinajstić information content (AvgIpc) is 2.38. The zero-order chi connectivity index (χ0) is 12.3. The SMILES string of the molecule is COCCOCCCOc1nccc(CN)n1. The number of ether oxygens (including phenoxy) is 3. The number of nitrogens with two attached hydrogens (primary N) is 1. The van der Waals surface area contributed by atoms with Gasteiger partial charge >= 0.3 is 6.01 Å². The molecule has 96 valence electrons. The second-order valence-corrected chi connectivity index (χ2v) is 3.34. The van der Waals surface area contributed by atoms with Crippen molar-refractivity contribution in [3.8, 4) is 6.01 Å². The molecule has 1 rings (SSSR count). The highest BCUT2D eigenvalue weighted by Gasteiger charge is 1.98. The number of methoxy groups -OCH3 is 1. The summed E-state index contributed by atoms with van der Waals surface area (Å²) >= 11 is 0. The van der Waals surface area contributed by atoms with Crippen molar-refractivity contribution in [2.75, 3.05) is 33.5 Å². The first-order chi connectivity index (χ1) is 8.36. The Morgan fingerprint density at radius 2 is 2.12 bits per heavy atom. The van der Waals surface area contributed by atoms with Gasteiger partial charge in [0.15, 0.2) is 0 Å². The predicted molar refractivity (Wildman–Crippen MR) is 62.7 cm³/mol. The Morgan fingerprint density at radius 3 is 2.88 bits per heavy atom. The van der Waals surface area contributed by atoms with E-state index in [0.29, 0.717) is 39.0 Å². The van der Waals surface area contributed by atoms with E-state index >= 15 is 0 Å². The van der Waals surface area contributed by atoms with Gasteiger partial charge in [-0.3, -0.25) is 0 Å². The number of rotatable bonds is 9. The lowest BCUT2D eigenvalue weighted by Gasteiger charge is -2.05. The first-order valence-corrected chi connectivity index (χ1v) is 5.58. The Hall–Kier alpha value is -1.24. The first kappa shape index (κ1) is 13.8. The second kappa shape index (κ2) is 8.86. The summed E-state index contributed by atoms with van der Waals surface area (Å²) in [4.78, 5) is 8.10. The molecule has 0 aromatic carbocycles. The topological polar surface area (TPSA) is 79.5 Å². The van der Waals surface area contributed by atoms with E-state index < -0.39 is 0 Å². The van der Waals surface area contributed by atoms with Crippen LogP contribution in [0.2, 0.25) is 0 Å². The summed E-state index contributed by atoms with van der Waals surface area (Å²) in [5.74, 6) is 0. The molecule has 6 nitrogen and oxygen atoms in total. The van der Waals surface area contributed by atoms with E-state index in [1.54, 1.807) is 19.4 Å². The maximum Gasteiger partial charge on any atom is 0.316 e. The standard InChI is InChI=1S/C11H19N3O3/c1-15-7-8-16-5-2-6-17-11-13-4-3-10(9-12)14-11/h3-4H,2,5-9,12H2,1H3. The maximum atomic E-state index is 5.46. The molecule has 0 fully saturated rings. The molecular weight excluding hydrogens is 222 g/mol. The van der Waals surface area contributed by atoms with Gasteiger partial charge in [-0.05, 0) is 6.07 Å². The maximum absolute atomic E-state index is 5.46. The summed E-state index contributed by atoms with van der Waals surface area (Å²) < 4.78 is 15.5. The van der Waals surface area contributed by atoms with Gasteiger partial charge in [0.1, 0.15) is 0 Å². The first-order valence-electron chi connectivity index (χ1n) is 5.58. The monoisotopic (exact) mass is 241 g/mol. The zero-order valence-electron chi connectivity index (χ0n) is 10.1. The minimum absolute atomic E-state index is 0.366. The molecule has 1 aromatic heterocycles. The van der Waals surface area contributed by atoms with E-state index in [9.17, 15) is 0 Å². The third-order valence-corrected chi connectivity index (χ3v) is 2.00. The van der Waals surface area contributed by atoms with Crippen LogP contribution in [0.5, 0.6) is 6.01 Å². The second-order valence-electron chi connectivity index (χ2n) is 3.34. The van der Waals surface area contributed by atoms with E-state index in [4.69, 9.17) is 19.9 Å². The van der Waals surface area contributed by atoms with Crippen LogP contribution in [0.25, 0.3) is 0 Å². The van der Waals surface area contributed by atoms with Crippen molar-refractivity contribution in [1.82, 2.24) is 9.97 Å². The van der Waals surface area contributed by atoms with Gasteiger partial charge in [-0.1, -0.05) is 0 Å². The molecule has 1 heterocycles. The van der Waals surface area contributed by atoms with Crippen LogP contribution in [0.1, 0.15) is 12.1 Å². The van der Waals surface area contributed by atoms with Crippen molar-refractivity contribution in [2.45, 2.75) is 13.0 Å². The fraction of sp³-hybridized carbons (Fsp3) is 0.636. The molecule has 1 aromatic rings. The van der Waals surface area contributed by atoms with Crippen molar-refractivity contribution in [1.29, 1.82) is 0 Å². The molecule has 2 N–H and O–H groups in total. The van der Waals surface area contributed by atoms with Crippen LogP contribution in [-0.4, -0.2) is 43.5 Å². The highest BCUT2D eigenvalue weighted by molar-refractivity contribution is 5.04. The van der Waals surface area contributed by atoms with E-state index in [-0.39, 0.29) is 0 Å². The number of nitrogens with zero attached hydrogens (tertiary/aromatic N) is 2. The number of hydrogen-bond acceptors (Lipinski definition) is 6. The molecule has 0 aliphatic rings. The van der Waals surface area contributed by atoms with Gasteiger partial charge in [0, 0.05) is 32.9 Å². The highest BCUT2D eigenvalue weighted by Crippen LogP contribution is 2.02. The smallest absolute Gasteiger partial charge is 0.316 e. The third-order valence-electron chi connectivity index (χ3n) is 2.00. The molecular formula is C11H19N3O3. The van der Waals surface area contributed by atoms with Crippen LogP contribution in [0.4, 0.5) is 0 Å². The van der Waals surface area contributed by atoms with Gasteiger partial charge in [-0.15, -0.1) is 0 Å². The van der Waals surface area contributed by atoms with Crippen LogP contribution in [0, 0.1) is 0 Å². The van der Waals surface area contributed by atoms with E-state index in [0.717, 1.165) is 12.1 Å². The summed E-state index contributed by atoms with van der Waals surface area (Å²) in [5, 5.41) is 0. The molecule has 0 spiro atoms. The minimum Gasteiger partial charge on any atom is -0.463 e. The number of aromatic nitrogens is 2. The molecule has 17 heavy (non-hydrogen) atoms. The molecule has 0 saturated carbocycles. The van der Waals surface area contributed by atoms with Crippen LogP contribution in [-0.2, 0) is 16.0 Å². The van der Waals surface area contributed by atoms with E-state index in [2.05, 4.69) is 9.97 Å². The molecule has 0 aliphatic carbocycles. The Labute approximate surface area is 101 Å². The fourth-order valence-corrected chi connectivity index (χ4v) is 1.13. The van der Waals surface area contributed by atoms with Crippen molar-refractivity contribution >= 4 is 0 Å². The van der Waals surface area contributed by atoms with Gasteiger partial charge in [-0.25, -0.2) is 4.98 Å². The van der Waals surface area contributed by atoms with Crippen molar-refractivity contribution in [3.63, 3.8) is 0 Å². The largest absolute Gasteiger partial charge is 0.463 e. The lowest BCUT2D eigenvalue weighted by atomic mass is 10.4. The van der Waals surface area contributed by atoms with Gasteiger partial charge in [-0.2, -0.15) is 4.98 Å². The lowest BCUT2D eigenvalue weighted by molar-refractivity contribution is 0.0639. The fourth-order valence-electron chi connectivity index (χ4n) is 1.13. The molecule has 0 unspecified atom stereocenters. The van der Waals surface area contributed by atoms with Gasteiger partial charge in [0.2, 0.25) is 0 Å². The lowest BCUT2D eigenvalue weighted by Crippen LogP contribution is -2.09. The summed E-state index contributed by atoms with van der Waals surface area (Å²) in [5.41, 5.74) is 6.23. The van der Waals surface area contributed by atoms with Crippen molar-refractivity contribution < 1.29 is 14.2 Å². The molecule has 0 amide bonds. The third kappa shape index (κ3) is 6.15. The summed E-state index contributed by atoms with van der Waals surface area (Å²) in [6, 6.07) is 2.13. The highest BCUT2D eigenvalue weighted by atomic mass is 16.5. The summed E-state index contributed by atoms with van der Waals surface area (Å²) in [6.07, 6.45) is 2.43. The van der Waals surface area contributed by atoms with Gasteiger partial charge in [0.05, 0.1) is 25.5 Å². The normalized spacial score (nSPS) is 10.5. The van der Waals surface area contributed by atoms with Crippen LogP contribution < -0.4 is 10.5 Å². The van der Waals surface area contributed by atoms with Crippen LogP contribution in [0.3, 0.4) is 0 Å². The van der Waals surface area contributed by atoms with Crippen molar-refractivity contribution in [3.05, 3.63) is 18.0 Å². The molecule has 6 heteroatoms. The predicted octanol–water partition coefficient (Wildman–Crippen LogP) is 0.367. The Morgan fingerprint density at radius 1 is 1.24 bits per heavy atom. The molecule has 0 saturated heterocycles. The van der Waals surface area contributed by atoms with Gasteiger partial charge < -0.3 is 19.9 Å². The number of hydrogen-bond donors (Lipinski definition) is 1. The summed E-state index contributed by atoms with van der Waals surface area (Å²) in [7, 11) is 1.65. The quantitative estimate of drug-likeness (QED) is 0.629. The Bertz CT molecular complexity index is 310. The molecule has 0 aliphatic heterocycles. The van der Waals surface area contributed by atoms with E-state index in [1.807, 2.05) is 0 Å². The summed E-state index contributed by atoms with van der Waals surface area (Å²) in [6.45, 7) is 2.78. The molecule has 0 bridgehead atoms. The average molecular weight is 241 g/mol. The van der Waals surface area contributed by atoms with Crippen LogP contribution >= 0.6 is 0 Å². The Kier molecular flexibility index (Phi) is 7.20. The molecule has 0 atom stereocenters. The van der Waals surface area contributed by atoms with Crippen molar-refractivity contribution in [2.24, 2.45) is 5.73 Å². The molecule has 0 radical (unpaired) electrons.